The molecule has 2 aromatic carbocycles. The number of nitrogens with two attached hydrogens (primary N) is 1. The van der Waals surface area contributed by atoms with E-state index in [0.29, 0.717) is 24.6 Å². The molecule has 2 atom stereocenters. The van der Waals surface area contributed by atoms with Gasteiger partial charge < -0.3 is 15.2 Å². The second kappa shape index (κ2) is 14.0. The van der Waals surface area contributed by atoms with Crippen LogP contribution in [0.25, 0.3) is 11.1 Å². The van der Waals surface area contributed by atoms with E-state index in [4.69, 9.17) is 5.73 Å². The monoisotopic (exact) mass is 551 g/mol. The summed E-state index contributed by atoms with van der Waals surface area (Å²) in [7, 11) is 0. The molecule has 1 aromatic heterocycles. The Morgan fingerprint density at radius 3 is 2.49 bits per heavy atom. The summed E-state index contributed by atoms with van der Waals surface area (Å²) in [5.74, 6) is 1.29. The zero-order valence-electron chi connectivity index (χ0n) is 23.8. The van der Waals surface area contributed by atoms with E-state index in [1.54, 1.807) is 0 Å². The third-order valence-corrected chi connectivity index (χ3v) is 8.14. The molecule has 0 aliphatic carbocycles. The van der Waals surface area contributed by atoms with Crippen LogP contribution in [0.2, 0.25) is 0 Å². The molecular weight excluding hydrogens is 508 g/mol. The Hall–Kier alpha value is -2.83. The Balaban J connectivity index is 2.12. The highest BCUT2D eigenvalue weighted by atomic mass is 32.2. The molecule has 39 heavy (non-hydrogen) atoms. The van der Waals surface area contributed by atoms with Gasteiger partial charge in [0.25, 0.3) is 0 Å². The predicted molar refractivity (Wildman–Crippen MR) is 164 cm³/mol. The third-order valence-electron chi connectivity index (χ3n) is 6.84. The summed E-state index contributed by atoms with van der Waals surface area (Å²) in [4.78, 5) is 2.38. The van der Waals surface area contributed by atoms with Gasteiger partial charge in [0.05, 0.1) is 6.04 Å². The van der Waals surface area contributed by atoms with Crippen molar-refractivity contribution in [1.82, 2.24) is 9.47 Å². The Morgan fingerprint density at radius 2 is 1.85 bits per heavy atom. The molecule has 6 heteroatoms. The van der Waals surface area contributed by atoms with Crippen LogP contribution in [0, 0.1) is 23.0 Å². The highest BCUT2D eigenvalue weighted by Crippen LogP contribution is 2.42. The summed E-state index contributed by atoms with van der Waals surface area (Å²) in [5, 5.41) is 0. The minimum Gasteiger partial charge on any atom is -0.365 e. The van der Waals surface area contributed by atoms with Gasteiger partial charge in [-0.05, 0) is 59.9 Å². The number of hydrogen-bond acceptors (Lipinski definition) is 3. The lowest BCUT2D eigenvalue weighted by atomic mass is 9.82. The molecule has 0 aliphatic heterocycles. The third kappa shape index (κ3) is 8.33. The van der Waals surface area contributed by atoms with Crippen molar-refractivity contribution in [2.75, 3.05) is 24.6 Å². The standard InChI is InChI=1S/C33H43F2N3S/c1-7-24(2)22-39-23-25(3)38(17-11-16-36)32(33(4,5)6)31-18-27(29-19-28(34)14-15-30(29)35)21-37(31)20-26-12-9-8-10-13-26/h7-10,12-15,18-19,21,24,32H,1,3,11,16-17,20,22-23,36H2,2,4-6H3. The second-order valence-corrected chi connectivity index (χ2v) is 12.3. The first kappa shape index (κ1) is 30.7. The van der Waals surface area contributed by atoms with E-state index in [-0.39, 0.29) is 17.0 Å². The first-order chi connectivity index (χ1) is 18.5. The average molecular weight is 552 g/mol. The fourth-order valence-corrected chi connectivity index (χ4v) is 5.88. The molecule has 0 saturated carbocycles. The largest absolute Gasteiger partial charge is 0.365 e. The molecule has 0 bridgehead atoms. The minimum atomic E-state index is -0.458. The van der Waals surface area contributed by atoms with Gasteiger partial charge in [-0.1, -0.05) is 70.7 Å². The summed E-state index contributed by atoms with van der Waals surface area (Å²) in [6.45, 7) is 19.2. The smallest absolute Gasteiger partial charge is 0.131 e. The normalized spacial score (nSPS) is 13.2. The van der Waals surface area contributed by atoms with Crippen molar-refractivity contribution in [2.24, 2.45) is 17.1 Å². The zero-order valence-corrected chi connectivity index (χ0v) is 24.6. The molecule has 2 N–H and O–H groups in total. The maximum Gasteiger partial charge on any atom is 0.131 e. The number of benzene rings is 2. The lowest BCUT2D eigenvalue weighted by Gasteiger charge is -2.43. The van der Waals surface area contributed by atoms with E-state index < -0.39 is 11.6 Å². The van der Waals surface area contributed by atoms with Crippen molar-refractivity contribution < 1.29 is 8.78 Å². The molecule has 2 unspecified atom stereocenters. The Kier molecular flexibility index (Phi) is 11.0. The van der Waals surface area contributed by atoms with E-state index >= 15 is 0 Å². The van der Waals surface area contributed by atoms with Crippen molar-refractivity contribution in [3.05, 3.63) is 109 Å². The fourth-order valence-electron chi connectivity index (χ4n) is 4.86. The van der Waals surface area contributed by atoms with E-state index in [1.165, 1.54) is 12.1 Å². The van der Waals surface area contributed by atoms with E-state index in [0.717, 1.165) is 47.5 Å². The molecule has 0 radical (unpaired) electrons. The number of thioether (sulfide) groups is 1. The maximum absolute atomic E-state index is 14.9. The van der Waals surface area contributed by atoms with Crippen LogP contribution in [0.3, 0.4) is 0 Å². The molecular formula is C33H43F2N3S. The molecule has 3 nitrogen and oxygen atoms in total. The van der Waals surface area contributed by atoms with E-state index in [9.17, 15) is 8.78 Å². The molecule has 0 saturated heterocycles. The fraction of sp³-hybridized carbons (Fsp3) is 0.394. The summed E-state index contributed by atoms with van der Waals surface area (Å²) in [6, 6.07) is 15.8. The van der Waals surface area contributed by atoms with Gasteiger partial charge in [0.2, 0.25) is 0 Å². The van der Waals surface area contributed by atoms with Crippen LogP contribution in [0.1, 0.15) is 51.4 Å². The van der Waals surface area contributed by atoms with Crippen molar-refractivity contribution in [3.63, 3.8) is 0 Å². The highest BCUT2D eigenvalue weighted by molar-refractivity contribution is 7.99. The molecule has 1 heterocycles. The van der Waals surface area contributed by atoms with Crippen LogP contribution in [0.4, 0.5) is 8.78 Å². The van der Waals surface area contributed by atoms with Crippen molar-refractivity contribution in [2.45, 2.75) is 46.7 Å². The Morgan fingerprint density at radius 1 is 1.13 bits per heavy atom. The summed E-state index contributed by atoms with van der Waals surface area (Å²) < 4.78 is 31.3. The van der Waals surface area contributed by atoms with Gasteiger partial charge in [0.1, 0.15) is 11.6 Å². The SMILES string of the molecule is C=CC(C)CSCC(=C)N(CCCN)C(c1cc(-c2cc(F)ccc2F)cn1Cc1ccccc1)C(C)(C)C. The number of hydrogen-bond donors (Lipinski definition) is 1. The van der Waals surface area contributed by atoms with Crippen LogP contribution in [-0.4, -0.2) is 34.1 Å². The van der Waals surface area contributed by atoms with Gasteiger partial charge in [-0.25, -0.2) is 8.78 Å². The molecule has 0 aliphatic rings. The van der Waals surface area contributed by atoms with E-state index in [2.05, 4.69) is 62.5 Å². The van der Waals surface area contributed by atoms with Crippen LogP contribution in [-0.2, 0) is 6.54 Å². The molecule has 0 spiro atoms. The van der Waals surface area contributed by atoms with Crippen LogP contribution in [0.5, 0.6) is 0 Å². The van der Waals surface area contributed by atoms with Crippen LogP contribution < -0.4 is 5.73 Å². The first-order valence-corrected chi connectivity index (χ1v) is 14.7. The first-order valence-electron chi connectivity index (χ1n) is 13.6. The minimum absolute atomic E-state index is 0.0666. The van der Waals surface area contributed by atoms with Crippen molar-refractivity contribution in [3.8, 4) is 11.1 Å². The van der Waals surface area contributed by atoms with Gasteiger partial charge in [-0.15, -0.1) is 6.58 Å². The summed E-state index contributed by atoms with van der Waals surface area (Å²) in [6.07, 6.45) is 4.75. The number of allylic oxidation sites excluding steroid dienone is 1. The van der Waals surface area contributed by atoms with Crippen molar-refractivity contribution >= 4 is 11.8 Å². The van der Waals surface area contributed by atoms with Gasteiger partial charge in [0.15, 0.2) is 0 Å². The lowest BCUT2D eigenvalue weighted by Crippen LogP contribution is -2.39. The Bertz CT molecular complexity index is 1230. The number of aromatic nitrogens is 1. The maximum atomic E-state index is 14.9. The van der Waals surface area contributed by atoms with E-state index in [1.807, 2.05) is 48.3 Å². The number of halogens is 2. The van der Waals surface area contributed by atoms with Crippen molar-refractivity contribution in [1.29, 1.82) is 0 Å². The highest BCUT2D eigenvalue weighted by Gasteiger charge is 2.35. The van der Waals surface area contributed by atoms with Crippen LogP contribution >= 0.6 is 11.8 Å². The quantitative estimate of drug-likeness (QED) is 0.205. The topological polar surface area (TPSA) is 34.2 Å². The summed E-state index contributed by atoms with van der Waals surface area (Å²) >= 11 is 1.85. The summed E-state index contributed by atoms with van der Waals surface area (Å²) in [5.41, 5.74) is 9.90. The van der Waals surface area contributed by atoms with Gasteiger partial charge in [-0.2, -0.15) is 11.8 Å². The molecule has 3 aromatic rings. The van der Waals surface area contributed by atoms with Gasteiger partial charge in [0, 0.05) is 47.6 Å². The van der Waals surface area contributed by atoms with Crippen LogP contribution in [0.15, 0.2) is 85.7 Å². The molecule has 210 valence electrons. The van der Waals surface area contributed by atoms with Gasteiger partial charge >= 0.3 is 0 Å². The van der Waals surface area contributed by atoms with Gasteiger partial charge in [-0.3, -0.25) is 0 Å². The molecule has 0 amide bonds. The molecule has 3 rings (SSSR count). The molecule has 0 fully saturated rings. The zero-order chi connectivity index (χ0) is 28.6. The number of rotatable bonds is 14. The lowest BCUT2D eigenvalue weighted by molar-refractivity contribution is 0.127. The predicted octanol–water partition coefficient (Wildman–Crippen LogP) is 8.29. The Labute approximate surface area is 237 Å². The number of nitrogens with zero attached hydrogens (tertiary/aromatic N) is 2. The second-order valence-electron chi connectivity index (χ2n) is 11.3. The average Bonchev–Trinajstić information content (AvgIpc) is 3.29.